The van der Waals surface area contributed by atoms with Crippen LogP contribution in [0.15, 0.2) is 41.3 Å². The van der Waals surface area contributed by atoms with E-state index in [0.29, 0.717) is 13.1 Å². The SMILES string of the molecule is COc1ccccc1C1CN(C(=O)c2cnco2)CCN1C. The molecule has 1 aromatic carbocycles. The summed E-state index contributed by atoms with van der Waals surface area (Å²) in [7, 11) is 3.73. The summed E-state index contributed by atoms with van der Waals surface area (Å²) in [4.78, 5) is 20.3. The van der Waals surface area contributed by atoms with Crippen molar-refractivity contribution < 1.29 is 13.9 Å². The largest absolute Gasteiger partial charge is 0.496 e. The van der Waals surface area contributed by atoms with Crippen LogP contribution in [0.5, 0.6) is 5.75 Å². The van der Waals surface area contributed by atoms with Crippen molar-refractivity contribution in [2.45, 2.75) is 6.04 Å². The summed E-state index contributed by atoms with van der Waals surface area (Å²) >= 11 is 0. The molecule has 0 aliphatic carbocycles. The van der Waals surface area contributed by atoms with Crippen LogP contribution >= 0.6 is 0 Å². The van der Waals surface area contributed by atoms with Crippen LogP contribution in [0.4, 0.5) is 0 Å². The molecule has 1 aromatic heterocycles. The van der Waals surface area contributed by atoms with Gasteiger partial charge < -0.3 is 14.1 Å². The minimum atomic E-state index is -0.120. The van der Waals surface area contributed by atoms with Crippen molar-refractivity contribution in [3.05, 3.63) is 48.2 Å². The molecule has 3 rings (SSSR count). The summed E-state index contributed by atoms with van der Waals surface area (Å²) in [6, 6.07) is 8.02. The second-order valence-electron chi connectivity index (χ2n) is 5.36. The van der Waals surface area contributed by atoms with Crippen LogP contribution in [0.25, 0.3) is 0 Å². The lowest BCUT2D eigenvalue weighted by molar-refractivity contribution is 0.0513. The van der Waals surface area contributed by atoms with E-state index >= 15 is 0 Å². The summed E-state index contributed by atoms with van der Waals surface area (Å²) in [6.45, 7) is 2.06. The molecule has 2 heterocycles. The number of para-hydroxylation sites is 1. The monoisotopic (exact) mass is 301 g/mol. The molecule has 2 aromatic rings. The van der Waals surface area contributed by atoms with Crippen LogP contribution in [0, 0.1) is 0 Å². The predicted octanol–water partition coefficient (Wildman–Crippen LogP) is 1.81. The number of carbonyl (C=O) groups is 1. The van der Waals surface area contributed by atoms with Crippen LogP contribution in [-0.4, -0.2) is 54.5 Å². The number of rotatable bonds is 3. The van der Waals surface area contributed by atoms with Crippen molar-refractivity contribution in [2.75, 3.05) is 33.8 Å². The number of hydrogen-bond donors (Lipinski definition) is 0. The van der Waals surface area contributed by atoms with E-state index in [1.165, 1.54) is 12.6 Å². The number of benzene rings is 1. The van der Waals surface area contributed by atoms with Gasteiger partial charge in [0.05, 0.1) is 19.3 Å². The molecule has 0 bridgehead atoms. The van der Waals surface area contributed by atoms with Gasteiger partial charge in [0.1, 0.15) is 5.75 Å². The number of carbonyl (C=O) groups excluding carboxylic acids is 1. The molecule has 0 spiro atoms. The Labute approximate surface area is 129 Å². The van der Waals surface area contributed by atoms with Crippen LogP contribution < -0.4 is 4.74 Å². The van der Waals surface area contributed by atoms with Gasteiger partial charge in [-0.25, -0.2) is 4.98 Å². The summed E-state index contributed by atoms with van der Waals surface area (Å²) in [5, 5.41) is 0. The number of amides is 1. The van der Waals surface area contributed by atoms with Crippen LogP contribution in [0.3, 0.4) is 0 Å². The van der Waals surface area contributed by atoms with E-state index in [2.05, 4.69) is 16.9 Å². The highest BCUT2D eigenvalue weighted by Crippen LogP contribution is 2.31. The van der Waals surface area contributed by atoms with E-state index in [4.69, 9.17) is 9.15 Å². The highest BCUT2D eigenvalue weighted by molar-refractivity contribution is 5.91. The first-order valence-electron chi connectivity index (χ1n) is 7.21. The number of nitrogens with zero attached hydrogens (tertiary/aromatic N) is 3. The molecular weight excluding hydrogens is 282 g/mol. The fourth-order valence-corrected chi connectivity index (χ4v) is 2.81. The maximum Gasteiger partial charge on any atom is 0.291 e. The minimum Gasteiger partial charge on any atom is -0.496 e. The first-order valence-corrected chi connectivity index (χ1v) is 7.21. The Morgan fingerprint density at radius 2 is 2.18 bits per heavy atom. The number of hydrogen-bond acceptors (Lipinski definition) is 5. The van der Waals surface area contributed by atoms with Crippen LogP contribution in [0.2, 0.25) is 0 Å². The average Bonchev–Trinajstić information content (AvgIpc) is 3.09. The van der Waals surface area contributed by atoms with E-state index in [0.717, 1.165) is 17.9 Å². The predicted molar refractivity (Wildman–Crippen MR) is 80.8 cm³/mol. The second kappa shape index (κ2) is 6.19. The lowest BCUT2D eigenvalue weighted by atomic mass is 10.0. The third kappa shape index (κ3) is 2.69. The van der Waals surface area contributed by atoms with Crippen molar-refractivity contribution in [1.82, 2.24) is 14.8 Å². The standard InChI is InChI=1S/C16H19N3O3/c1-18-7-8-19(16(20)15-9-17-11-22-15)10-13(18)12-5-3-4-6-14(12)21-2/h3-6,9,11,13H,7-8,10H2,1-2H3. The molecule has 22 heavy (non-hydrogen) atoms. The van der Waals surface area contributed by atoms with Gasteiger partial charge in [-0.05, 0) is 13.1 Å². The van der Waals surface area contributed by atoms with Crippen molar-refractivity contribution in [1.29, 1.82) is 0 Å². The van der Waals surface area contributed by atoms with E-state index in [1.807, 2.05) is 24.3 Å². The summed E-state index contributed by atoms with van der Waals surface area (Å²) < 4.78 is 10.6. The third-order valence-corrected chi connectivity index (χ3v) is 4.08. The molecule has 1 atom stereocenters. The van der Waals surface area contributed by atoms with E-state index in [1.54, 1.807) is 12.0 Å². The van der Waals surface area contributed by atoms with Gasteiger partial charge in [-0.3, -0.25) is 9.69 Å². The normalized spacial score (nSPS) is 19.2. The van der Waals surface area contributed by atoms with Gasteiger partial charge in [-0.1, -0.05) is 18.2 Å². The number of methoxy groups -OCH3 is 1. The number of ether oxygens (including phenoxy) is 1. The molecule has 1 amide bonds. The molecule has 1 fully saturated rings. The summed E-state index contributed by atoms with van der Waals surface area (Å²) in [5.41, 5.74) is 1.09. The van der Waals surface area contributed by atoms with Crippen molar-refractivity contribution in [3.63, 3.8) is 0 Å². The van der Waals surface area contributed by atoms with Crippen molar-refractivity contribution >= 4 is 5.91 Å². The van der Waals surface area contributed by atoms with Crippen molar-refractivity contribution in [3.8, 4) is 5.75 Å². The Kier molecular flexibility index (Phi) is 4.11. The van der Waals surface area contributed by atoms with Gasteiger partial charge in [-0.2, -0.15) is 0 Å². The maximum atomic E-state index is 12.4. The summed E-state index contributed by atoms with van der Waals surface area (Å²) in [6.07, 6.45) is 2.74. The molecule has 1 saturated heterocycles. The Hall–Kier alpha value is -2.34. The van der Waals surface area contributed by atoms with Gasteiger partial charge in [0.25, 0.3) is 5.91 Å². The third-order valence-electron chi connectivity index (χ3n) is 4.08. The average molecular weight is 301 g/mol. The second-order valence-corrected chi connectivity index (χ2v) is 5.36. The zero-order valence-electron chi connectivity index (χ0n) is 12.7. The first kappa shape index (κ1) is 14.6. The maximum absolute atomic E-state index is 12.4. The zero-order valence-corrected chi connectivity index (χ0v) is 12.7. The van der Waals surface area contributed by atoms with Crippen molar-refractivity contribution in [2.24, 2.45) is 0 Å². The molecular formula is C16H19N3O3. The van der Waals surface area contributed by atoms with Gasteiger partial charge >= 0.3 is 0 Å². The van der Waals surface area contributed by atoms with E-state index in [9.17, 15) is 4.79 Å². The Morgan fingerprint density at radius 1 is 1.36 bits per heavy atom. The molecule has 0 N–H and O–H groups in total. The lowest BCUT2D eigenvalue weighted by Gasteiger charge is -2.39. The molecule has 6 heteroatoms. The molecule has 0 saturated carbocycles. The van der Waals surface area contributed by atoms with Gasteiger partial charge in [-0.15, -0.1) is 0 Å². The first-order chi connectivity index (χ1) is 10.7. The summed E-state index contributed by atoms with van der Waals surface area (Å²) in [5.74, 6) is 1.00. The quantitative estimate of drug-likeness (QED) is 0.865. The van der Waals surface area contributed by atoms with Gasteiger partial charge in [0, 0.05) is 25.2 Å². The fraction of sp³-hybridized carbons (Fsp3) is 0.375. The van der Waals surface area contributed by atoms with Gasteiger partial charge in [0.2, 0.25) is 5.76 Å². The Balaban J connectivity index is 1.83. The molecule has 0 radical (unpaired) electrons. The highest BCUT2D eigenvalue weighted by atomic mass is 16.5. The molecule has 116 valence electrons. The molecule has 6 nitrogen and oxygen atoms in total. The van der Waals surface area contributed by atoms with E-state index < -0.39 is 0 Å². The van der Waals surface area contributed by atoms with Crippen LogP contribution in [-0.2, 0) is 0 Å². The smallest absolute Gasteiger partial charge is 0.291 e. The molecule has 1 aliphatic rings. The lowest BCUT2D eigenvalue weighted by Crippen LogP contribution is -2.49. The highest BCUT2D eigenvalue weighted by Gasteiger charge is 2.31. The Morgan fingerprint density at radius 3 is 2.91 bits per heavy atom. The molecule has 1 aliphatic heterocycles. The zero-order chi connectivity index (χ0) is 15.5. The number of aromatic nitrogens is 1. The fourth-order valence-electron chi connectivity index (χ4n) is 2.81. The Bertz CT molecular complexity index is 642. The number of oxazole rings is 1. The van der Waals surface area contributed by atoms with Crippen LogP contribution in [0.1, 0.15) is 22.2 Å². The number of likely N-dealkylation sites (N-methyl/N-ethyl adjacent to an activating group) is 1. The molecule has 1 unspecified atom stereocenters. The number of piperazine rings is 1. The minimum absolute atomic E-state index is 0.0942. The topological polar surface area (TPSA) is 58.8 Å². The van der Waals surface area contributed by atoms with Gasteiger partial charge in [0.15, 0.2) is 6.39 Å². The van der Waals surface area contributed by atoms with E-state index in [-0.39, 0.29) is 17.7 Å².